The number of hydrogen-bond donors (Lipinski definition) is 0. The van der Waals surface area contributed by atoms with Crippen LogP contribution in [0.15, 0.2) is 16.7 Å². The summed E-state index contributed by atoms with van der Waals surface area (Å²) < 4.78 is 40.8. The summed E-state index contributed by atoms with van der Waals surface area (Å²) in [5, 5.41) is 7.05. The molecule has 0 aliphatic rings. The molecule has 0 aliphatic heterocycles. The molecule has 0 atom stereocenters. The van der Waals surface area contributed by atoms with Crippen LogP contribution in [0, 0.1) is 17.5 Å². The maximum atomic E-state index is 13.5. The average molecular weight is 320 g/mol. The standard InChI is InChI=1S/C10H5BrF3N3O/c1-17-8(10(11)15-16-17)9(18)7-5(13)2-4(12)3-6(7)14/h2-3H,1H3. The third kappa shape index (κ3) is 2.03. The fraction of sp³-hybridized carbons (Fsp3) is 0.100. The second kappa shape index (κ2) is 4.52. The van der Waals surface area contributed by atoms with Crippen molar-refractivity contribution in [1.82, 2.24) is 15.0 Å². The van der Waals surface area contributed by atoms with E-state index in [0.29, 0.717) is 12.1 Å². The molecular formula is C10H5BrF3N3O. The van der Waals surface area contributed by atoms with Gasteiger partial charge < -0.3 is 0 Å². The second-order valence-corrected chi connectivity index (χ2v) is 4.18. The number of ketones is 1. The molecule has 0 unspecified atom stereocenters. The van der Waals surface area contributed by atoms with Crippen molar-refractivity contribution in [3.8, 4) is 0 Å². The number of aromatic nitrogens is 3. The Morgan fingerprint density at radius 1 is 1.28 bits per heavy atom. The van der Waals surface area contributed by atoms with E-state index < -0.39 is 28.8 Å². The van der Waals surface area contributed by atoms with E-state index in [4.69, 9.17) is 0 Å². The average Bonchev–Trinajstić information content (AvgIpc) is 2.56. The number of aryl methyl sites for hydroxylation is 1. The zero-order chi connectivity index (χ0) is 13.4. The molecule has 4 nitrogen and oxygen atoms in total. The largest absolute Gasteiger partial charge is 0.287 e. The lowest BCUT2D eigenvalue weighted by atomic mass is 10.1. The number of hydrogen-bond acceptors (Lipinski definition) is 3. The SMILES string of the molecule is Cn1nnc(Br)c1C(=O)c1c(F)cc(F)cc1F. The summed E-state index contributed by atoms with van der Waals surface area (Å²) in [6, 6.07) is 0.877. The van der Waals surface area contributed by atoms with Crippen LogP contribution >= 0.6 is 15.9 Å². The molecule has 2 aromatic rings. The Hall–Kier alpha value is -1.70. The fourth-order valence-corrected chi connectivity index (χ4v) is 1.96. The molecule has 94 valence electrons. The lowest BCUT2D eigenvalue weighted by molar-refractivity contribution is 0.102. The molecule has 1 heterocycles. The van der Waals surface area contributed by atoms with Crippen molar-refractivity contribution in [2.45, 2.75) is 0 Å². The van der Waals surface area contributed by atoms with Crippen molar-refractivity contribution in [1.29, 1.82) is 0 Å². The summed E-state index contributed by atoms with van der Waals surface area (Å²) in [4.78, 5) is 12.0. The van der Waals surface area contributed by atoms with E-state index in [1.165, 1.54) is 7.05 Å². The molecule has 0 fully saturated rings. The van der Waals surface area contributed by atoms with Gasteiger partial charge in [-0.15, -0.1) is 5.10 Å². The molecule has 2 rings (SSSR count). The zero-order valence-electron chi connectivity index (χ0n) is 8.92. The summed E-state index contributed by atoms with van der Waals surface area (Å²) in [6.45, 7) is 0. The smallest absolute Gasteiger partial charge is 0.219 e. The first kappa shape index (κ1) is 12.7. The Bertz CT molecular complexity index is 599. The van der Waals surface area contributed by atoms with Crippen molar-refractivity contribution < 1.29 is 18.0 Å². The number of carbonyl (C=O) groups excluding carboxylic acids is 1. The van der Waals surface area contributed by atoms with Gasteiger partial charge in [0.1, 0.15) is 23.1 Å². The zero-order valence-corrected chi connectivity index (χ0v) is 10.5. The first-order valence-electron chi connectivity index (χ1n) is 4.66. The van der Waals surface area contributed by atoms with Gasteiger partial charge in [-0.2, -0.15) is 0 Å². The van der Waals surface area contributed by atoms with E-state index in [9.17, 15) is 18.0 Å². The summed E-state index contributed by atoms with van der Waals surface area (Å²) in [6.07, 6.45) is 0. The van der Waals surface area contributed by atoms with Crippen LogP contribution in [0.1, 0.15) is 16.1 Å². The Labute approximate surface area is 108 Å². The van der Waals surface area contributed by atoms with E-state index in [1.54, 1.807) is 0 Å². The highest BCUT2D eigenvalue weighted by Crippen LogP contribution is 2.21. The molecule has 8 heteroatoms. The Morgan fingerprint density at radius 2 is 1.83 bits per heavy atom. The predicted molar refractivity (Wildman–Crippen MR) is 58.5 cm³/mol. The summed E-state index contributed by atoms with van der Waals surface area (Å²) >= 11 is 2.94. The highest BCUT2D eigenvalue weighted by atomic mass is 79.9. The minimum absolute atomic E-state index is 0.0538. The molecule has 0 bridgehead atoms. The molecule has 0 aliphatic carbocycles. The fourth-order valence-electron chi connectivity index (χ4n) is 1.45. The van der Waals surface area contributed by atoms with Crippen molar-refractivity contribution >= 4 is 21.7 Å². The number of nitrogens with zero attached hydrogens (tertiary/aromatic N) is 3. The molecule has 0 saturated heterocycles. The molecule has 18 heavy (non-hydrogen) atoms. The van der Waals surface area contributed by atoms with Crippen LogP contribution in [0.25, 0.3) is 0 Å². The minimum Gasteiger partial charge on any atom is -0.287 e. The molecule has 0 saturated carbocycles. The van der Waals surface area contributed by atoms with Gasteiger partial charge in [0, 0.05) is 19.2 Å². The number of benzene rings is 1. The van der Waals surface area contributed by atoms with Gasteiger partial charge in [0.25, 0.3) is 0 Å². The van der Waals surface area contributed by atoms with Gasteiger partial charge in [0.05, 0.1) is 5.56 Å². The molecule has 0 N–H and O–H groups in total. The lowest BCUT2D eigenvalue weighted by Gasteiger charge is -2.04. The summed E-state index contributed by atoms with van der Waals surface area (Å²) in [5.74, 6) is -4.61. The van der Waals surface area contributed by atoms with Crippen LogP contribution in [-0.4, -0.2) is 20.8 Å². The van der Waals surface area contributed by atoms with Crippen LogP contribution in [-0.2, 0) is 7.05 Å². The van der Waals surface area contributed by atoms with Gasteiger partial charge >= 0.3 is 0 Å². The van der Waals surface area contributed by atoms with Gasteiger partial charge in [-0.3, -0.25) is 4.79 Å². The van der Waals surface area contributed by atoms with Crippen LogP contribution < -0.4 is 0 Å². The van der Waals surface area contributed by atoms with Crippen molar-refractivity contribution in [2.24, 2.45) is 7.05 Å². The maximum Gasteiger partial charge on any atom is 0.219 e. The topological polar surface area (TPSA) is 47.8 Å². The molecule has 0 radical (unpaired) electrons. The van der Waals surface area contributed by atoms with E-state index in [1.807, 2.05) is 0 Å². The van der Waals surface area contributed by atoms with Crippen molar-refractivity contribution in [2.75, 3.05) is 0 Å². The molecular weight excluding hydrogens is 315 g/mol. The van der Waals surface area contributed by atoms with E-state index in [0.717, 1.165) is 4.68 Å². The van der Waals surface area contributed by atoms with Gasteiger partial charge in [-0.1, -0.05) is 5.21 Å². The third-order valence-electron chi connectivity index (χ3n) is 2.23. The number of carbonyl (C=O) groups is 1. The third-order valence-corrected chi connectivity index (χ3v) is 2.77. The Balaban J connectivity index is 2.60. The Kier molecular flexibility index (Phi) is 3.20. The van der Waals surface area contributed by atoms with Crippen LogP contribution in [0.4, 0.5) is 13.2 Å². The highest BCUT2D eigenvalue weighted by Gasteiger charge is 2.25. The second-order valence-electron chi connectivity index (χ2n) is 3.43. The van der Waals surface area contributed by atoms with E-state index in [-0.39, 0.29) is 10.3 Å². The van der Waals surface area contributed by atoms with Gasteiger partial charge in [0.15, 0.2) is 4.60 Å². The van der Waals surface area contributed by atoms with Crippen LogP contribution in [0.2, 0.25) is 0 Å². The van der Waals surface area contributed by atoms with Crippen molar-refractivity contribution in [3.63, 3.8) is 0 Å². The van der Waals surface area contributed by atoms with E-state index in [2.05, 4.69) is 26.2 Å². The van der Waals surface area contributed by atoms with Gasteiger partial charge in [-0.25, -0.2) is 17.9 Å². The van der Waals surface area contributed by atoms with Gasteiger partial charge in [0.2, 0.25) is 5.78 Å². The predicted octanol–water partition coefficient (Wildman–Crippen LogP) is 2.23. The molecule has 0 amide bonds. The summed E-state index contributed by atoms with van der Waals surface area (Å²) in [7, 11) is 1.39. The van der Waals surface area contributed by atoms with Crippen molar-refractivity contribution in [3.05, 3.63) is 45.4 Å². The monoisotopic (exact) mass is 319 g/mol. The quantitative estimate of drug-likeness (QED) is 0.797. The molecule has 0 spiro atoms. The lowest BCUT2D eigenvalue weighted by Crippen LogP contribution is -2.13. The summed E-state index contributed by atoms with van der Waals surface area (Å²) in [5.41, 5.74) is -0.970. The molecule has 1 aromatic heterocycles. The van der Waals surface area contributed by atoms with Crippen LogP contribution in [0.5, 0.6) is 0 Å². The van der Waals surface area contributed by atoms with Gasteiger partial charge in [-0.05, 0) is 15.9 Å². The first-order valence-corrected chi connectivity index (χ1v) is 5.45. The normalized spacial score (nSPS) is 10.7. The van der Waals surface area contributed by atoms with Crippen LogP contribution in [0.3, 0.4) is 0 Å². The highest BCUT2D eigenvalue weighted by molar-refractivity contribution is 9.10. The number of rotatable bonds is 2. The van der Waals surface area contributed by atoms with E-state index >= 15 is 0 Å². The Morgan fingerprint density at radius 3 is 2.28 bits per heavy atom. The number of halogens is 4. The molecule has 1 aromatic carbocycles. The minimum atomic E-state index is -1.27. The first-order chi connectivity index (χ1) is 8.41. The maximum absolute atomic E-state index is 13.5.